The maximum atomic E-state index is 12.2. The Balaban J connectivity index is 1.98. The second kappa shape index (κ2) is 7.28. The summed E-state index contributed by atoms with van der Waals surface area (Å²) in [5.41, 5.74) is 0.680. The largest absolute Gasteiger partial charge is 0.497 e. The van der Waals surface area contributed by atoms with Crippen molar-refractivity contribution in [3.05, 3.63) is 18.2 Å². The van der Waals surface area contributed by atoms with E-state index in [-0.39, 0.29) is 5.91 Å². The van der Waals surface area contributed by atoms with Crippen LogP contribution in [0.4, 0.5) is 5.69 Å². The second-order valence-corrected chi connectivity index (χ2v) is 5.17. The Morgan fingerprint density at radius 3 is 2.57 bits per heavy atom. The molecule has 1 saturated heterocycles. The number of hydrogen-bond donors (Lipinski definition) is 2. The van der Waals surface area contributed by atoms with Crippen molar-refractivity contribution in [1.82, 2.24) is 10.2 Å². The molecule has 1 aliphatic heterocycles. The van der Waals surface area contributed by atoms with Crippen LogP contribution in [0.3, 0.4) is 0 Å². The maximum absolute atomic E-state index is 12.2. The molecule has 6 heteroatoms. The molecule has 2 N–H and O–H groups in total. The number of nitrogens with one attached hydrogen (secondary N) is 2. The lowest BCUT2D eigenvalue weighted by Crippen LogP contribution is -2.51. The number of ether oxygens (including phenoxy) is 2. The van der Waals surface area contributed by atoms with E-state index in [1.54, 1.807) is 32.4 Å². The molecule has 0 saturated carbocycles. The number of nitrogens with zero attached hydrogens (tertiary/aromatic N) is 1. The van der Waals surface area contributed by atoms with Crippen molar-refractivity contribution < 1.29 is 14.3 Å². The number of rotatable bonds is 5. The Morgan fingerprint density at radius 2 is 2.00 bits per heavy atom. The van der Waals surface area contributed by atoms with Gasteiger partial charge in [0.25, 0.3) is 0 Å². The van der Waals surface area contributed by atoms with Crippen LogP contribution in [0.2, 0.25) is 0 Å². The Morgan fingerprint density at radius 1 is 1.33 bits per heavy atom. The van der Waals surface area contributed by atoms with Crippen molar-refractivity contribution in [2.75, 3.05) is 45.7 Å². The van der Waals surface area contributed by atoms with Crippen LogP contribution in [0.15, 0.2) is 18.2 Å². The number of methoxy groups -OCH3 is 2. The molecule has 1 aliphatic rings. The monoisotopic (exact) mass is 293 g/mol. The fourth-order valence-corrected chi connectivity index (χ4v) is 2.38. The van der Waals surface area contributed by atoms with Crippen LogP contribution in [0.1, 0.15) is 6.92 Å². The third kappa shape index (κ3) is 4.34. The third-order valence-electron chi connectivity index (χ3n) is 3.62. The van der Waals surface area contributed by atoms with Gasteiger partial charge in [0.05, 0.1) is 20.8 Å². The minimum atomic E-state index is -0.0287. The predicted octanol–water partition coefficient (Wildman–Crippen LogP) is 0.936. The molecule has 1 aromatic carbocycles. The van der Waals surface area contributed by atoms with E-state index < -0.39 is 0 Å². The highest BCUT2D eigenvalue weighted by atomic mass is 16.5. The molecule has 1 heterocycles. The van der Waals surface area contributed by atoms with Crippen molar-refractivity contribution in [3.8, 4) is 11.5 Å². The number of carbonyl (C=O) groups is 1. The van der Waals surface area contributed by atoms with E-state index in [4.69, 9.17) is 9.47 Å². The molecule has 1 atom stereocenters. The molecule has 1 aromatic rings. The highest BCUT2D eigenvalue weighted by Gasteiger charge is 2.20. The van der Waals surface area contributed by atoms with E-state index in [2.05, 4.69) is 22.5 Å². The highest BCUT2D eigenvalue weighted by Crippen LogP contribution is 2.25. The van der Waals surface area contributed by atoms with Crippen LogP contribution in [0, 0.1) is 0 Å². The third-order valence-corrected chi connectivity index (χ3v) is 3.62. The molecule has 0 spiro atoms. The van der Waals surface area contributed by atoms with Gasteiger partial charge in [0.1, 0.15) is 11.5 Å². The number of anilines is 1. The molecule has 6 nitrogen and oxygen atoms in total. The lowest BCUT2D eigenvalue weighted by Gasteiger charge is -2.33. The Bertz CT molecular complexity index is 471. The fourth-order valence-electron chi connectivity index (χ4n) is 2.38. The van der Waals surface area contributed by atoms with Crippen LogP contribution in [-0.2, 0) is 4.79 Å². The fraction of sp³-hybridized carbons (Fsp3) is 0.533. The van der Waals surface area contributed by atoms with Crippen molar-refractivity contribution in [2.45, 2.75) is 13.0 Å². The number of carbonyl (C=O) groups excluding carboxylic acids is 1. The SMILES string of the molecule is COc1cc(NC(=O)CN2CCNC[C@H]2C)cc(OC)c1. The zero-order valence-electron chi connectivity index (χ0n) is 12.8. The summed E-state index contributed by atoms with van der Waals surface area (Å²) in [7, 11) is 3.17. The van der Waals surface area contributed by atoms with Gasteiger partial charge in [-0.3, -0.25) is 9.69 Å². The number of piperazine rings is 1. The predicted molar refractivity (Wildman–Crippen MR) is 82.1 cm³/mol. The minimum absolute atomic E-state index is 0.0287. The summed E-state index contributed by atoms with van der Waals surface area (Å²) in [5, 5.41) is 6.21. The average Bonchev–Trinajstić information content (AvgIpc) is 2.49. The van der Waals surface area contributed by atoms with Crippen LogP contribution in [0.5, 0.6) is 11.5 Å². The van der Waals surface area contributed by atoms with Gasteiger partial charge >= 0.3 is 0 Å². The summed E-state index contributed by atoms with van der Waals surface area (Å²) < 4.78 is 10.4. The molecular formula is C15H23N3O3. The van der Waals surface area contributed by atoms with E-state index in [0.29, 0.717) is 29.8 Å². The van der Waals surface area contributed by atoms with Gasteiger partial charge in [0.2, 0.25) is 5.91 Å². The summed E-state index contributed by atoms with van der Waals surface area (Å²) in [4.78, 5) is 14.3. The van der Waals surface area contributed by atoms with E-state index in [9.17, 15) is 4.79 Å². The quantitative estimate of drug-likeness (QED) is 0.846. The average molecular weight is 293 g/mol. The Hall–Kier alpha value is -1.79. The lowest BCUT2D eigenvalue weighted by molar-refractivity contribution is -0.118. The number of benzene rings is 1. The normalized spacial score (nSPS) is 19.1. The zero-order chi connectivity index (χ0) is 15.2. The molecular weight excluding hydrogens is 270 g/mol. The first-order valence-corrected chi connectivity index (χ1v) is 7.10. The van der Waals surface area contributed by atoms with Gasteiger partial charge in [-0.2, -0.15) is 0 Å². The van der Waals surface area contributed by atoms with Gasteiger partial charge in [0.15, 0.2) is 0 Å². The van der Waals surface area contributed by atoms with Crippen molar-refractivity contribution in [1.29, 1.82) is 0 Å². The van der Waals surface area contributed by atoms with E-state index in [1.807, 2.05) is 0 Å². The molecule has 1 fully saturated rings. The molecule has 0 unspecified atom stereocenters. The Labute approximate surface area is 125 Å². The van der Waals surface area contributed by atoms with Gasteiger partial charge in [-0.1, -0.05) is 0 Å². The van der Waals surface area contributed by atoms with Crippen LogP contribution in [-0.4, -0.2) is 57.2 Å². The zero-order valence-corrected chi connectivity index (χ0v) is 12.8. The summed E-state index contributed by atoms with van der Waals surface area (Å²) in [6.45, 7) is 5.23. The summed E-state index contributed by atoms with van der Waals surface area (Å²) in [6, 6.07) is 5.70. The molecule has 116 valence electrons. The number of hydrogen-bond acceptors (Lipinski definition) is 5. The van der Waals surface area contributed by atoms with Gasteiger partial charge < -0.3 is 20.1 Å². The summed E-state index contributed by atoms with van der Waals surface area (Å²) in [6.07, 6.45) is 0. The lowest BCUT2D eigenvalue weighted by atomic mass is 10.2. The van der Waals surface area contributed by atoms with Crippen LogP contribution in [0.25, 0.3) is 0 Å². The van der Waals surface area contributed by atoms with E-state index >= 15 is 0 Å². The first-order valence-electron chi connectivity index (χ1n) is 7.10. The molecule has 1 amide bonds. The second-order valence-electron chi connectivity index (χ2n) is 5.17. The van der Waals surface area contributed by atoms with Gasteiger partial charge in [-0.25, -0.2) is 0 Å². The molecule has 2 rings (SSSR count). The summed E-state index contributed by atoms with van der Waals surface area (Å²) in [5.74, 6) is 1.28. The number of amides is 1. The van der Waals surface area contributed by atoms with Crippen molar-refractivity contribution in [2.24, 2.45) is 0 Å². The molecule has 0 aromatic heterocycles. The highest BCUT2D eigenvalue weighted by molar-refractivity contribution is 5.92. The summed E-state index contributed by atoms with van der Waals surface area (Å²) >= 11 is 0. The van der Waals surface area contributed by atoms with Crippen LogP contribution >= 0.6 is 0 Å². The molecule has 0 radical (unpaired) electrons. The topological polar surface area (TPSA) is 62.8 Å². The van der Waals surface area contributed by atoms with Crippen molar-refractivity contribution >= 4 is 11.6 Å². The molecule has 21 heavy (non-hydrogen) atoms. The smallest absolute Gasteiger partial charge is 0.238 e. The van der Waals surface area contributed by atoms with Gasteiger partial charge in [0, 0.05) is 49.6 Å². The first-order chi connectivity index (χ1) is 10.1. The molecule has 0 aliphatic carbocycles. The van der Waals surface area contributed by atoms with Crippen molar-refractivity contribution in [3.63, 3.8) is 0 Å². The van der Waals surface area contributed by atoms with E-state index in [1.165, 1.54) is 0 Å². The maximum Gasteiger partial charge on any atom is 0.238 e. The van der Waals surface area contributed by atoms with Gasteiger partial charge in [-0.15, -0.1) is 0 Å². The minimum Gasteiger partial charge on any atom is -0.497 e. The standard InChI is InChI=1S/C15H23N3O3/c1-11-9-16-4-5-18(11)10-15(19)17-12-6-13(20-2)8-14(7-12)21-3/h6-8,11,16H,4-5,9-10H2,1-3H3,(H,17,19)/t11-/m1/s1. The first kappa shape index (κ1) is 15.6. The van der Waals surface area contributed by atoms with Crippen LogP contribution < -0.4 is 20.1 Å². The molecule has 0 bridgehead atoms. The Kier molecular flexibility index (Phi) is 5.41. The van der Waals surface area contributed by atoms with E-state index in [0.717, 1.165) is 19.6 Å². The van der Waals surface area contributed by atoms with Gasteiger partial charge in [-0.05, 0) is 6.92 Å².